The summed E-state index contributed by atoms with van der Waals surface area (Å²) >= 11 is 0. The number of nitrogens with two attached hydrogens (primary N) is 1. The lowest BCUT2D eigenvalue weighted by Gasteiger charge is -2.19. The van der Waals surface area contributed by atoms with Crippen LogP contribution in [0.1, 0.15) is 168 Å². The molecule has 0 fully saturated rings. The van der Waals surface area contributed by atoms with Crippen molar-refractivity contribution in [1.82, 2.24) is 0 Å². The van der Waals surface area contributed by atoms with Crippen LogP contribution in [-0.2, 0) is 32.7 Å². The molecule has 0 aliphatic carbocycles. The minimum atomic E-state index is -4.37. The first-order chi connectivity index (χ1) is 22.8. The number of carbonyl (C=O) groups is 2. The summed E-state index contributed by atoms with van der Waals surface area (Å²) in [6, 6.07) is 0. The molecule has 9 nitrogen and oxygen atoms in total. The van der Waals surface area contributed by atoms with Gasteiger partial charge in [0, 0.05) is 19.4 Å². The van der Waals surface area contributed by atoms with Crippen LogP contribution in [0.5, 0.6) is 0 Å². The lowest BCUT2D eigenvalue weighted by atomic mass is 10.1. The molecule has 0 heterocycles. The average Bonchev–Trinajstić information content (AvgIpc) is 3.05. The van der Waals surface area contributed by atoms with Gasteiger partial charge in [0.05, 0.1) is 13.2 Å². The third-order valence-electron chi connectivity index (χ3n) is 7.81. The number of rotatable bonds is 35. The van der Waals surface area contributed by atoms with Crippen LogP contribution < -0.4 is 5.73 Å². The third-order valence-corrected chi connectivity index (χ3v) is 8.79. The van der Waals surface area contributed by atoms with Crippen LogP contribution in [-0.4, -0.2) is 49.3 Å². The molecule has 0 bridgehead atoms. The summed E-state index contributed by atoms with van der Waals surface area (Å²) in [5.74, 6) is -0.845. The van der Waals surface area contributed by atoms with Crippen molar-refractivity contribution in [2.24, 2.45) is 5.73 Å². The number of unbranched alkanes of at least 4 members (excludes halogenated alkanes) is 18. The largest absolute Gasteiger partial charge is 0.472 e. The maximum Gasteiger partial charge on any atom is 0.472 e. The van der Waals surface area contributed by atoms with Gasteiger partial charge in [0.15, 0.2) is 6.10 Å². The van der Waals surface area contributed by atoms with Crippen molar-refractivity contribution in [3.8, 4) is 0 Å². The summed E-state index contributed by atoms with van der Waals surface area (Å²) in [4.78, 5) is 34.6. The standard InChI is InChI=1S/C37H70NO8P/c1-3-5-7-9-11-13-15-16-17-18-20-21-23-25-27-29-36(39)43-33-35(34-45-47(41,42)44-32-31-38)46-37(40)30-28-26-24-22-19-14-12-10-8-6-4-2/h10,12-13,15,35H,3-9,11,14,16-34,38H2,1-2H3,(H,41,42). The monoisotopic (exact) mass is 687 g/mol. The Morgan fingerprint density at radius 2 is 1.06 bits per heavy atom. The Morgan fingerprint density at radius 3 is 1.57 bits per heavy atom. The number of phosphoric ester groups is 1. The van der Waals surface area contributed by atoms with Crippen LogP contribution in [0.2, 0.25) is 0 Å². The summed E-state index contributed by atoms with van der Waals surface area (Å²) < 4.78 is 32.6. The molecule has 10 heteroatoms. The third kappa shape index (κ3) is 34.2. The van der Waals surface area contributed by atoms with Crippen LogP contribution in [0.25, 0.3) is 0 Å². The first-order valence-electron chi connectivity index (χ1n) is 18.8. The highest BCUT2D eigenvalue weighted by atomic mass is 31.2. The molecule has 0 aliphatic heterocycles. The van der Waals surface area contributed by atoms with E-state index in [1.54, 1.807) is 0 Å². The van der Waals surface area contributed by atoms with E-state index in [0.717, 1.165) is 70.6 Å². The number of esters is 2. The fourth-order valence-electron chi connectivity index (χ4n) is 4.96. The predicted octanol–water partition coefficient (Wildman–Crippen LogP) is 10.0. The summed E-state index contributed by atoms with van der Waals surface area (Å²) in [5.41, 5.74) is 5.32. The zero-order valence-electron chi connectivity index (χ0n) is 30.0. The lowest BCUT2D eigenvalue weighted by molar-refractivity contribution is -0.161. The summed E-state index contributed by atoms with van der Waals surface area (Å²) in [7, 11) is -4.37. The zero-order chi connectivity index (χ0) is 34.7. The van der Waals surface area contributed by atoms with E-state index in [1.165, 1.54) is 64.2 Å². The molecule has 0 saturated heterocycles. The number of ether oxygens (including phenoxy) is 2. The Labute approximate surface area is 287 Å². The smallest absolute Gasteiger partial charge is 0.462 e. The maximum atomic E-state index is 12.5. The second-order valence-electron chi connectivity index (χ2n) is 12.4. The van der Waals surface area contributed by atoms with E-state index in [0.29, 0.717) is 6.42 Å². The van der Waals surface area contributed by atoms with Gasteiger partial charge in [-0.05, 0) is 57.8 Å². The Morgan fingerprint density at radius 1 is 0.617 bits per heavy atom. The highest BCUT2D eigenvalue weighted by Gasteiger charge is 2.25. The van der Waals surface area contributed by atoms with E-state index in [1.807, 2.05) is 0 Å². The van der Waals surface area contributed by atoms with E-state index in [-0.39, 0.29) is 38.6 Å². The van der Waals surface area contributed by atoms with Crippen molar-refractivity contribution >= 4 is 19.8 Å². The number of phosphoric acid groups is 1. The highest BCUT2D eigenvalue weighted by molar-refractivity contribution is 7.47. The summed E-state index contributed by atoms with van der Waals surface area (Å²) in [6.07, 6.45) is 33.5. The van der Waals surface area contributed by atoms with Crippen LogP contribution in [0.3, 0.4) is 0 Å². The topological polar surface area (TPSA) is 134 Å². The second-order valence-corrected chi connectivity index (χ2v) is 13.9. The van der Waals surface area contributed by atoms with Gasteiger partial charge in [-0.1, -0.05) is 122 Å². The quantitative estimate of drug-likeness (QED) is 0.0289. The number of carbonyl (C=O) groups excluding carboxylic acids is 2. The molecule has 3 N–H and O–H groups in total. The van der Waals surface area contributed by atoms with Crippen molar-refractivity contribution in [2.75, 3.05) is 26.4 Å². The summed E-state index contributed by atoms with van der Waals surface area (Å²) in [6.45, 7) is 3.65. The van der Waals surface area contributed by atoms with Gasteiger partial charge in [-0.2, -0.15) is 0 Å². The molecular weight excluding hydrogens is 617 g/mol. The van der Waals surface area contributed by atoms with Gasteiger partial charge >= 0.3 is 19.8 Å². The molecule has 2 unspecified atom stereocenters. The van der Waals surface area contributed by atoms with Gasteiger partial charge in [-0.25, -0.2) is 4.57 Å². The molecule has 0 aromatic carbocycles. The molecular formula is C37H70NO8P. The maximum absolute atomic E-state index is 12.5. The van der Waals surface area contributed by atoms with E-state index >= 15 is 0 Å². The van der Waals surface area contributed by atoms with Crippen LogP contribution in [0.4, 0.5) is 0 Å². The van der Waals surface area contributed by atoms with Crippen molar-refractivity contribution < 1.29 is 37.6 Å². The van der Waals surface area contributed by atoms with Crippen molar-refractivity contribution in [2.45, 2.75) is 174 Å². The van der Waals surface area contributed by atoms with E-state index in [9.17, 15) is 19.0 Å². The van der Waals surface area contributed by atoms with E-state index < -0.39 is 26.5 Å². The highest BCUT2D eigenvalue weighted by Crippen LogP contribution is 2.43. The zero-order valence-corrected chi connectivity index (χ0v) is 30.9. The fraction of sp³-hybridized carbons (Fsp3) is 0.838. The molecule has 0 aliphatic rings. The molecule has 0 saturated carbocycles. The average molecular weight is 688 g/mol. The van der Waals surface area contributed by atoms with Gasteiger partial charge in [-0.15, -0.1) is 0 Å². The SMILES string of the molecule is CCCCC=CCCCCCCCC(=O)OC(COC(=O)CCCCCCCCCC=CCCCCCC)COP(=O)(O)OCCN. The Balaban J connectivity index is 4.22. The molecule has 0 spiro atoms. The first kappa shape index (κ1) is 45.5. The van der Waals surface area contributed by atoms with Crippen LogP contribution >= 0.6 is 7.82 Å². The molecule has 0 amide bonds. The minimum absolute atomic E-state index is 0.0521. The molecule has 0 radical (unpaired) electrons. The Kier molecular flexibility index (Phi) is 33.3. The van der Waals surface area contributed by atoms with Gasteiger partial charge < -0.3 is 20.1 Å². The van der Waals surface area contributed by atoms with Crippen LogP contribution in [0, 0.1) is 0 Å². The normalized spacial score (nSPS) is 13.7. The molecule has 0 aromatic heterocycles. The number of hydrogen-bond acceptors (Lipinski definition) is 8. The summed E-state index contributed by atoms with van der Waals surface area (Å²) in [5, 5.41) is 0. The molecule has 0 rings (SSSR count). The predicted molar refractivity (Wildman–Crippen MR) is 192 cm³/mol. The van der Waals surface area contributed by atoms with Crippen molar-refractivity contribution in [3.63, 3.8) is 0 Å². The minimum Gasteiger partial charge on any atom is -0.462 e. The molecule has 2 atom stereocenters. The molecule has 276 valence electrons. The molecule has 0 aromatic rings. The van der Waals surface area contributed by atoms with E-state index in [4.69, 9.17) is 24.3 Å². The van der Waals surface area contributed by atoms with Crippen LogP contribution in [0.15, 0.2) is 24.3 Å². The van der Waals surface area contributed by atoms with Gasteiger partial charge in [-0.3, -0.25) is 18.6 Å². The molecule has 47 heavy (non-hydrogen) atoms. The van der Waals surface area contributed by atoms with Crippen molar-refractivity contribution in [1.29, 1.82) is 0 Å². The number of allylic oxidation sites excluding steroid dienone is 4. The number of hydrogen-bond donors (Lipinski definition) is 2. The Hall–Kier alpha value is -1.51. The lowest BCUT2D eigenvalue weighted by Crippen LogP contribution is -2.29. The van der Waals surface area contributed by atoms with Gasteiger partial charge in [0.25, 0.3) is 0 Å². The van der Waals surface area contributed by atoms with Gasteiger partial charge in [0.2, 0.25) is 0 Å². The Bertz CT molecular complexity index is 835. The fourth-order valence-corrected chi connectivity index (χ4v) is 5.73. The van der Waals surface area contributed by atoms with Crippen molar-refractivity contribution in [3.05, 3.63) is 24.3 Å². The van der Waals surface area contributed by atoms with Gasteiger partial charge in [0.1, 0.15) is 6.61 Å². The second kappa shape index (κ2) is 34.4. The first-order valence-corrected chi connectivity index (χ1v) is 20.3. The van der Waals surface area contributed by atoms with E-state index in [2.05, 4.69) is 38.2 Å².